The summed E-state index contributed by atoms with van der Waals surface area (Å²) in [5.41, 5.74) is 0. The Balaban J connectivity index is 1.59. The van der Waals surface area contributed by atoms with E-state index in [-0.39, 0.29) is 11.9 Å². The number of rotatable bonds is 6. The lowest BCUT2D eigenvalue weighted by Gasteiger charge is -2.33. The number of nitrogens with zero attached hydrogens (tertiary/aromatic N) is 3. The molecule has 1 aromatic heterocycles. The number of alkyl halides is 2. The Hall–Kier alpha value is -1.15. The third kappa shape index (κ3) is 3.98. The van der Waals surface area contributed by atoms with Crippen molar-refractivity contribution in [3.63, 3.8) is 0 Å². The van der Waals surface area contributed by atoms with Gasteiger partial charge in [-0.1, -0.05) is 17.8 Å². The van der Waals surface area contributed by atoms with E-state index in [1.165, 1.54) is 12.8 Å². The fraction of sp³-hybridized carbons (Fsp3) is 0.786. The van der Waals surface area contributed by atoms with Gasteiger partial charge < -0.3 is 5.32 Å². The summed E-state index contributed by atoms with van der Waals surface area (Å²) in [6, 6.07) is -0.333. The third-order valence-corrected chi connectivity index (χ3v) is 5.16. The lowest BCUT2D eigenvalue weighted by molar-refractivity contribution is -0.128. The molecule has 2 fully saturated rings. The number of amides is 1. The Kier molecular flexibility index (Phi) is 4.97. The van der Waals surface area contributed by atoms with Crippen molar-refractivity contribution in [2.45, 2.75) is 57.0 Å². The topological polar surface area (TPSA) is 58.1 Å². The summed E-state index contributed by atoms with van der Waals surface area (Å²) in [6.45, 7) is 0.802. The molecule has 1 amide bonds. The van der Waals surface area contributed by atoms with Crippen LogP contribution in [0.4, 0.5) is 8.78 Å². The number of hydrogen-bond donors (Lipinski definition) is 1. The van der Waals surface area contributed by atoms with Crippen molar-refractivity contribution in [2.24, 2.45) is 0 Å². The molecule has 0 unspecified atom stereocenters. The first kappa shape index (κ1) is 15.7. The maximum absolute atomic E-state index is 12.2. The minimum Gasteiger partial charge on any atom is -0.349 e. The Labute approximate surface area is 132 Å². The van der Waals surface area contributed by atoms with Crippen molar-refractivity contribution in [3.05, 3.63) is 10.0 Å². The normalized spacial score (nSPS) is 23.0. The van der Waals surface area contributed by atoms with E-state index in [4.69, 9.17) is 0 Å². The number of nitrogens with one attached hydrogen (secondary N) is 1. The van der Waals surface area contributed by atoms with E-state index in [0.29, 0.717) is 18.9 Å². The average Bonchev–Trinajstić information content (AvgIpc) is 3.26. The molecule has 3 rings (SSSR count). The van der Waals surface area contributed by atoms with Crippen molar-refractivity contribution >= 4 is 17.2 Å². The van der Waals surface area contributed by atoms with Crippen LogP contribution in [0.25, 0.3) is 0 Å². The van der Waals surface area contributed by atoms with Gasteiger partial charge in [-0.3, -0.25) is 9.69 Å². The molecule has 22 heavy (non-hydrogen) atoms. The summed E-state index contributed by atoms with van der Waals surface area (Å²) >= 11 is 1.61. The molecule has 5 nitrogen and oxygen atoms in total. The number of aromatic nitrogens is 2. The van der Waals surface area contributed by atoms with Crippen LogP contribution >= 0.6 is 11.3 Å². The lowest BCUT2D eigenvalue weighted by Crippen LogP contribution is -2.49. The molecule has 1 aromatic rings. The van der Waals surface area contributed by atoms with Gasteiger partial charge in [0.25, 0.3) is 6.43 Å². The van der Waals surface area contributed by atoms with Crippen molar-refractivity contribution in [1.82, 2.24) is 20.4 Å². The van der Waals surface area contributed by atoms with Crippen molar-refractivity contribution in [1.29, 1.82) is 0 Å². The highest BCUT2D eigenvalue weighted by Gasteiger charge is 2.31. The molecule has 2 heterocycles. The monoisotopic (exact) mass is 330 g/mol. The van der Waals surface area contributed by atoms with Gasteiger partial charge in [-0.25, -0.2) is 8.78 Å². The zero-order chi connectivity index (χ0) is 15.5. The molecule has 0 spiro atoms. The molecule has 1 aliphatic heterocycles. The lowest BCUT2D eigenvalue weighted by atomic mass is 10.0. The van der Waals surface area contributed by atoms with E-state index in [9.17, 15) is 13.6 Å². The largest absolute Gasteiger partial charge is 0.349 e. The van der Waals surface area contributed by atoms with Crippen LogP contribution in [0.1, 0.15) is 48.0 Å². The number of likely N-dealkylation sites (tertiary alicyclic amines) is 1. The van der Waals surface area contributed by atoms with Gasteiger partial charge in [-0.05, 0) is 32.2 Å². The van der Waals surface area contributed by atoms with Gasteiger partial charge in [-0.15, -0.1) is 10.2 Å². The fourth-order valence-corrected chi connectivity index (χ4v) is 3.81. The standard InChI is InChI=1S/C14H20F2N4OS/c15-11(16)7-17-13(21)10-3-1-2-6-20(10)8-12-18-19-14(22-12)9-4-5-9/h9-11H,1-8H2,(H,17,21)/t10-/m0/s1. The van der Waals surface area contributed by atoms with Gasteiger partial charge in [0.15, 0.2) is 0 Å². The number of hydrogen-bond acceptors (Lipinski definition) is 5. The van der Waals surface area contributed by atoms with E-state index in [2.05, 4.69) is 15.5 Å². The smallest absolute Gasteiger partial charge is 0.255 e. The first-order valence-corrected chi connectivity index (χ1v) is 8.57. The molecule has 1 saturated heterocycles. The molecular weight excluding hydrogens is 310 g/mol. The molecule has 1 atom stereocenters. The number of carbonyl (C=O) groups is 1. The zero-order valence-electron chi connectivity index (χ0n) is 12.3. The second-order valence-electron chi connectivity index (χ2n) is 5.93. The summed E-state index contributed by atoms with van der Waals surface area (Å²) < 4.78 is 24.5. The van der Waals surface area contributed by atoms with E-state index >= 15 is 0 Å². The highest BCUT2D eigenvalue weighted by molar-refractivity contribution is 7.11. The first-order valence-electron chi connectivity index (χ1n) is 7.75. The highest BCUT2D eigenvalue weighted by atomic mass is 32.1. The minimum absolute atomic E-state index is 0.299. The van der Waals surface area contributed by atoms with E-state index in [1.54, 1.807) is 11.3 Å². The Morgan fingerprint density at radius 3 is 2.86 bits per heavy atom. The highest BCUT2D eigenvalue weighted by Crippen LogP contribution is 2.41. The van der Waals surface area contributed by atoms with Gasteiger partial charge in [0.1, 0.15) is 10.0 Å². The first-order chi connectivity index (χ1) is 10.6. The average molecular weight is 330 g/mol. The van der Waals surface area contributed by atoms with Gasteiger partial charge >= 0.3 is 0 Å². The summed E-state index contributed by atoms with van der Waals surface area (Å²) in [6.07, 6.45) is 2.56. The summed E-state index contributed by atoms with van der Waals surface area (Å²) in [5, 5.41) is 12.8. The van der Waals surface area contributed by atoms with Crippen LogP contribution in [0.2, 0.25) is 0 Å². The molecule has 2 aliphatic rings. The zero-order valence-corrected chi connectivity index (χ0v) is 13.1. The molecule has 1 N–H and O–H groups in total. The van der Waals surface area contributed by atoms with Crippen LogP contribution in [0.3, 0.4) is 0 Å². The maximum Gasteiger partial charge on any atom is 0.255 e. The Bertz CT molecular complexity index is 521. The minimum atomic E-state index is -2.51. The quantitative estimate of drug-likeness (QED) is 0.868. The molecule has 8 heteroatoms. The molecule has 1 saturated carbocycles. The van der Waals surface area contributed by atoms with Gasteiger partial charge in [0.05, 0.1) is 19.1 Å². The second-order valence-corrected chi connectivity index (χ2v) is 7.02. The van der Waals surface area contributed by atoms with E-state index in [1.807, 2.05) is 4.90 Å². The van der Waals surface area contributed by atoms with Gasteiger partial charge in [0.2, 0.25) is 5.91 Å². The SMILES string of the molecule is O=C(NCC(F)F)[C@@H]1CCCCN1Cc1nnc(C2CC2)s1. The van der Waals surface area contributed by atoms with Gasteiger partial charge in [0, 0.05) is 5.92 Å². The molecule has 122 valence electrons. The van der Waals surface area contributed by atoms with Crippen LogP contribution in [0, 0.1) is 0 Å². The summed E-state index contributed by atoms with van der Waals surface area (Å²) in [5.74, 6) is 0.282. The molecule has 0 aromatic carbocycles. The van der Waals surface area contributed by atoms with Crippen LogP contribution in [-0.4, -0.2) is 46.6 Å². The molecule has 0 bridgehead atoms. The maximum atomic E-state index is 12.2. The van der Waals surface area contributed by atoms with Crippen LogP contribution in [-0.2, 0) is 11.3 Å². The number of piperidine rings is 1. The van der Waals surface area contributed by atoms with Crippen LogP contribution < -0.4 is 5.32 Å². The number of carbonyl (C=O) groups excluding carboxylic acids is 1. The summed E-state index contributed by atoms with van der Waals surface area (Å²) in [7, 11) is 0. The van der Waals surface area contributed by atoms with Gasteiger partial charge in [-0.2, -0.15) is 0 Å². The van der Waals surface area contributed by atoms with E-state index in [0.717, 1.165) is 29.4 Å². The number of halogens is 2. The van der Waals surface area contributed by atoms with Crippen molar-refractivity contribution < 1.29 is 13.6 Å². The van der Waals surface area contributed by atoms with E-state index < -0.39 is 13.0 Å². The predicted molar refractivity (Wildman–Crippen MR) is 78.9 cm³/mol. The Morgan fingerprint density at radius 2 is 2.14 bits per heavy atom. The Morgan fingerprint density at radius 1 is 1.32 bits per heavy atom. The molecular formula is C14H20F2N4OS. The molecule has 0 radical (unpaired) electrons. The van der Waals surface area contributed by atoms with Crippen molar-refractivity contribution in [2.75, 3.05) is 13.1 Å². The molecule has 1 aliphatic carbocycles. The summed E-state index contributed by atoms with van der Waals surface area (Å²) in [4.78, 5) is 14.2. The van der Waals surface area contributed by atoms with Crippen LogP contribution in [0.5, 0.6) is 0 Å². The van der Waals surface area contributed by atoms with Crippen molar-refractivity contribution in [3.8, 4) is 0 Å². The predicted octanol–water partition coefficient (Wildman–Crippen LogP) is 2.15. The second kappa shape index (κ2) is 6.95. The fourth-order valence-electron chi connectivity index (χ4n) is 2.77. The van der Waals surface area contributed by atoms with Crippen LogP contribution in [0.15, 0.2) is 0 Å². The third-order valence-electron chi connectivity index (χ3n) is 4.09.